The van der Waals surface area contributed by atoms with Crippen LogP contribution in [0.5, 0.6) is 0 Å². The molecule has 0 bridgehead atoms. The van der Waals surface area contributed by atoms with Gasteiger partial charge in [-0.1, -0.05) is 36.4 Å². The van der Waals surface area contributed by atoms with Gasteiger partial charge in [-0.25, -0.2) is 4.39 Å². The number of Topliss-reactive ketones (excluding diaryl/α,β-unsaturated/α-hetero) is 1. The van der Waals surface area contributed by atoms with Gasteiger partial charge in [0.2, 0.25) is 0 Å². The first-order valence-electron chi connectivity index (χ1n) is 8.65. The lowest BCUT2D eigenvalue weighted by Crippen LogP contribution is -2.29. The van der Waals surface area contributed by atoms with Crippen molar-refractivity contribution in [2.75, 3.05) is 4.90 Å². The molecule has 0 spiro atoms. The van der Waals surface area contributed by atoms with E-state index in [4.69, 9.17) is 4.42 Å². The molecule has 140 valence electrons. The van der Waals surface area contributed by atoms with Crippen molar-refractivity contribution in [3.63, 3.8) is 0 Å². The molecule has 1 atom stereocenters. The number of carbonyl (C=O) groups excluding carboxylic acids is 2. The third kappa shape index (κ3) is 2.89. The molecular formula is C22H16FNO4. The first-order chi connectivity index (χ1) is 13.5. The van der Waals surface area contributed by atoms with Crippen LogP contribution in [0.15, 0.2) is 76.7 Å². The second-order valence-corrected chi connectivity index (χ2v) is 6.46. The number of halogens is 1. The standard InChI is InChI=1S/C22H16FNO4/c1-13-10-11-17(28-13)19-18(20(25)14-6-3-2-4-7-14)21(26)22(27)24(19)16-9-5-8-15(23)12-16/h2-12,19,25H,1H3/b20-18-. The highest BCUT2D eigenvalue weighted by atomic mass is 19.1. The highest BCUT2D eigenvalue weighted by molar-refractivity contribution is 6.51. The summed E-state index contributed by atoms with van der Waals surface area (Å²) >= 11 is 0. The Hall–Kier alpha value is -3.67. The van der Waals surface area contributed by atoms with Gasteiger partial charge in [-0.05, 0) is 37.3 Å². The van der Waals surface area contributed by atoms with Crippen molar-refractivity contribution in [3.05, 3.63) is 95.2 Å². The minimum Gasteiger partial charge on any atom is -0.507 e. The van der Waals surface area contributed by atoms with Gasteiger partial charge >= 0.3 is 0 Å². The number of benzene rings is 2. The molecule has 1 aromatic heterocycles. The fourth-order valence-electron chi connectivity index (χ4n) is 3.35. The van der Waals surface area contributed by atoms with E-state index in [1.807, 2.05) is 0 Å². The van der Waals surface area contributed by atoms with Crippen LogP contribution in [0.3, 0.4) is 0 Å². The molecule has 1 aliphatic heterocycles. The molecule has 1 saturated heterocycles. The fourth-order valence-corrected chi connectivity index (χ4v) is 3.35. The summed E-state index contributed by atoms with van der Waals surface area (Å²) in [6.07, 6.45) is 0. The summed E-state index contributed by atoms with van der Waals surface area (Å²) < 4.78 is 19.5. The van der Waals surface area contributed by atoms with E-state index < -0.39 is 23.5 Å². The second-order valence-electron chi connectivity index (χ2n) is 6.46. The molecule has 2 heterocycles. The zero-order valence-electron chi connectivity index (χ0n) is 14.9. The first-order valence-corrected chi connectivity index (χ1v) is 8.65. The Bertz CT molecular complexity index is 1100. The van der Waals surface area contributed by atoms with E-state index in [1.165, 1.54) is 18.2 Å². The third-order valence-corrected chi connectivity index (χ3v) is 4.61. The first kappa shape index (κ1) is 17.7. The quantitative estimate of drug-likeness (QED) is 0.418. The molecule has 1 unspecified atom stereocenters. The van der Waals surface area contributed by atoms with Crippen LogP contribution < -0.4 is 4.90 Å². The maximum absolute atomic E-state index is 13.8. The van der Waals surface area contributed by atoms with Gasteiger partial charge < -0.3 is 9.52 Å². The molecular weight excluding hydrogens is 361 g/mol. The van der Waals surface area contributed by atoms with E-state index in [2.05, 4.69) is 0 Å². The van der Waals surface area contributed by atoms with Gasteiger partial charge in [-0.2, -0.15) is 0 Å². The van der Waals surface area contributed by atoms with Crippen LogP contribution in [0.2, 0.25) is 0 Å². The summed E-state index contributed by atoms with van der Waals surface area (Å²) in [4.78, 5) is 26.8. The Morgan fingerprint density at radius 1 is 1.04 bits per heavy atom. The molecule has 1 fully saturated rings. The molecule has 0 radical (unpaired) electrons. The summed E-state index contributed by atoms with van der Waals surface area (Å²) in [6.45, 7) is 1.73. The van der Waals surface area contributed by atoms with Crippen LogP contribution in [0.25, 0.3) is 5.76 Å². The SMILES string of the molecule is Cc1ccc(C2/C(=C(/O)c3ccccc3)C(=O)C(=O)N2c2cccc(F)c2)o1. The summed E-state index contributed by atoms with van der Waals surface area (Å²) in [5, 5.41) is 10.8. The van der Waals surface area contributed by atoms with Crippen LogP contribution in [-0.2, 0) is 9.59 Å². The smallest absolute Gasteiger partial charge is 0.300 e. The molecule has 3 aromatic rings. The van der Waals surface area contributed by atoms with Gasteiger partial charge in [0.1, 0.15) is 29.1 Å². The highest BCUT2D eigenvalue weighted by Gasteiger charge is 2.48. The van der Waals surface area contributed by atoms with Crippen molar-refractivity contribution in [1.29, 1.82) is 0 Å². The number of aliphatic hydroxyl groups is 1. The van der Waals surface area contributed by atoms with E-state index in [0.717, 1.165) is 11.0 Å². The number of aryl methyl sites for hydroxylation is 1. The minimum absolute atomic E-state index is 0.102. The second kappa shape index (κ2) is 6.81. The molecule has 4 rings (SSSR count). The minimum atomic E-state index is -1.00. The van der Waals surface area contributed by atoms with Gasteiger partial charge in [-0.15, -0.1) is 0 Å². The number of amides is 1. The monoisotopic (exact) mass is 377 g/mol. The van der Waals surface area contributed by atoms with Crippen LogP contribution in [0.1, 0.15) is 23.1 Å². The molecule has 0 saturated carbocycles. The Morgan fingerprint density at radius 2 is 1.79 bits per heavy atom. The molecule has 5 nitrogen and oxygen atoms in total. The summed E-state index contributed by atoms with van der Waals surface area (Å²) in [5.41, 5.74) is 0.496. The maximum atomic E-state index is 13.8. The molecule has 2 aromatic carbocycles. The van der Waals surface area contributed by atoms with Crippen LogP contribution >= 0.6 is 0 Å². The van der Waals surface area contributed by atoms with Gasteiger partial charge in [0.25, 0.3) is 11.7 Å². The van der Waals surface area contributed by atoms with Crippen molar-refractivity contribution in [1.82, 2.24) is 0 Å². The van der Waals surface area contributed by atoms with E-state index >= 15 is 0 Å². The van der Waals surface area contributed by atoms with Gasteiger partial charge in [0.05, 0.1) is 5.57 Å². The lowest BCUT2D eigenvalue weighted by Gasteiger charge is -2.23. The Labute approximate surface area is 160 Å². The Balaban J connectivity index is 1.95. The average molecular weight is 377 g/mol. The van der Waals surface area contributed by atoms with Crippen molar-refractivity contribution in [2.24, 2.45) is 0 Å². The highest BCUT2D eigenvalue weighted by Crippen LogP contribution is 2.42. The van der Waals surface area contributed by atoms with E-state index in [1.54, 1.807) is 49.4 Å². The zero-order valence-corrected chi connectivity index (χ0v) is 14.9. The van der Waals surface area contributed by atoms with Gasteiger partial charge in [0.15, 0.2) is 0 Å². The normalized spacial score (nSPS) is 18.6. The summed E-state index contributed by atoms with van der Waals surface area (Å²) in [6, 6.07) is 16.2. The number of nitrogens with zero attached hydrogens (tertiary/aromatic N) is 1. The number of anilines is 1. The number of aliphatic hydroxyl groups excluding tert-OH is 1. The average Bonchev–Trinajstić information content (AvgIpc) is 3.23. The topological polar surface area (TPSA) is 70.8 Å². The van der Waals surface area contributed by atoms with Crippen molar-refractivity contribution in [2.45, 2.75) is 13.0 Å². The predicted octanol–water partition coefficient (Wildman–Crippen LogP) is 4.35. The largest absolute Gasteiger partial charge is 0.507 e. The van der Waals surface area contributed by atoms with Crippen molar-refractivity contribution >= 4 is 23.1 Å². The van der Waals surface area contributed by atoms with E-state index in [0.29, 0.717) is 17.1 Å². The number of ketones is 1. The molecule has 1 amide bonds. The molecule has 1 N–H and O–H groups in total. The Morgan fingerprint density at radius 3 is 2.43 bits per heavy atom. The van der Waals surface area contributed by atoms with E-state index in [9.17, 15) is 19.1 Å². The number of hydrogen-bond donors (Lipinski definition) is 1. The van der Waals surface area contributed by atoms with Crippen LogP contribution in [0, 0.1) is 12.7 Å². The molecule has 1 aliphatic rings. The van der Waals surface area contributed by atoms with E-state index in [-0.39, 0.29) is 17.0 Å². The maximum Gasteiger partial charge on any atom is 0.300 e. The molecule has 28 heavy (non-hydrogen) atoms. The van der Waals surface area contributed by atoms with Crippen molar-refractivity contribution in [3.8, 4) is 0 Å². The number of rotatable bonds is 3. The lowest BCUT2D eigenvalue weighted by molar-refractivity contribution is -0.132. The lowest BCUT2D eigenvalue weighted by atomic mass is 9.99. The fraction of sp³-hybridized carbons (Fsp3) is 0.0909. The zero-order chi connectivity index (χ0) is 19.8. The molecule has 0 aliphatic carbocycles. The van der Waals surface area contributed by atoms with Crippen molar-refractivity contribution < 1.29 is 23.5 Å². The summed E-state index contributed by atoms with van der Waals surface area (Å²) in [5.74, 6) is -1.68. The van der Waals surface area contributed by atoms with Gasteiger partial charge in [0, 0.05) is 11.3 Å². The summed E-state index contributed by atoms with van der Waals surface area (Å²) in [7, 11) is 0. The number of furan rings is 1. The third-order valence-electron chi connectivity index (χ3n) is 4.61. The predicted molar refractivity (Wildman–Crippen MR) is 101 cm³/mol. The van der Waals surface area contributed by atoms with Gasteiger partial charge in [-0.3, -0.25) is 14.5 Å². The van der Waals surface area contributed by atoms with Crippen LogP contribution in [0.4, 0.5) is 10.1 Å². The molecule has 6 heteroatoms. The van der Waals surface area contributed by atoms with Crippen LogP contribution in [-0.4, -0.2) is 16.8 Å². The Kier molecular flexibility index (Phi) is 4.31. The number of carbonyl (C=O) groups is 2. The number of hydrogen-bond acceptors (Lipinski definition) is 4.